The number of aromatic hydroxyl groups is 1. The zero-order valence-electron chi connectivity index (χ0n) is 19.8. The van der Waals surface area contributed by atoms with Crippen molar-refractivity contribution in [3.05, 3.63) is 60.7 Å². The molecule has 2 N–H and O–H groups in total. The standard InChI is InChI=1S/C28H35N3O2/c1-3-33-27-11-5-4-10-25(27)23-19-26(22-12-14-24(32)15-13-22)30-28(20-23)29-16-8-18-31-17-7-6-9-21(31)2/h4-5,10-15,19-21,32H,3,6-9,16-18H2,1-2H3,(H,29,30). The van der Waals surface area contributed by atoms with Gasteiger partial charge >= 0.3 is 0 Å². The summed E-state index contributed by atoms with van der Waals surface area (Å²) in [5.41, 5.74) is 3.94. The van der Waals surface area contributed by atoms with Crippen molar-refractivity contribution >= 4 is 5.82 Å². The Hall–Kier alpha value is -3.05. The van der Waals surface area contributed by atoms with E-state index in [0.717, 1.165) is 53.5 Å². The third kappa shape index (κ3) is 6.05. The number of hydrogen-bond acceptors (Lipinski definition) is 5. The van der Waals surface area contributed by atoms with Gasteiger partial charge in [0.1, 0.15) is 17.3 Å². The number of anilines is 1. The molecule has 0 bridgehead atoms. The second-order valence-electron chi connectivity index (χ2n) is 8.76. The number of nitrogens with one attached hydrogen (secondary N) is 1. The molecule has 33 heavy (non-hydrogen) atoms. The second-order valence-corrected chi connectivity index (χ2v) is 8.76. The topological polar surface area (TPSA) is 57.6 Å². The number of benzene rings is 2. The van der Waals surface area contributed by atoms with Gasteiger partial charge in [0.2, 0.25) is 0 Å². The predicted octanol–water partition coefficient (Wildman–Crippen LogP) is 6.20. The summed E-state index contributed by atoms with van der Waals surface area (Å²) in [6.07, 6.45) is 5.07. The maximum atomic E-state index is 9.70. The maximum absolute atomic E-state index is 9.70. The lowest BCUT2D eigenvalue weighted by molar-refractivity contribution is 0.160. The van der Waals surface area contributed by atoms with Crippen LogP contribution < -0.4 is 10.1 Å². The van der Waals surface area contributed by atoms with Crippen LogP contribution in [-0.2, 0) is 0 Å². The van der Waals surface area contributed by atoms with Crippen LogP contribution in [0.4, 0.5) is 5.82 Å². The van der Waals surface area contributed by atoms with Crippen LogP contribution in [0.15, 0.2) is 60.7 Å². The van der Waals surface area contributed by atoms with Crippen LogP contribution in [0.3, 0.4) is 0 Å². The number of piperidine rings is 1. The zero-order chi connectivity index (χ0) is 23.0. The minimum atomic E-state index is 0.252. The van der Waals surface area contributed by atoms with Crippen molar-refractivity contribution in [1.29, 1.82) is 0 Å². The van der Waals surface area contributed by atoms with Crippen LogP contribution in [-0.4, -0.2) is 47.3 Å². The van der Waals surface area contributed by atoms with Crippen molar-refractivity contribution in [2.75, 3.05) is 31.6 Å². The Balaban J connectivity index is 1.56. The van der Waals surface area contributed by atoms with Gasteiger partial charge in [0.25, 0.3) is 0 Å². The molecule has 1 aromatic heterocycles. The van der Waals surface area contributed by atoms with Gasteiger partial charge in [0.05, 0.1) is 12.3 Å². The highest BCUT2D eigenvalue weighted by molar-refractivity contribution is 5.77. The quantitative estimate of drug-likeness (QED) is 0.384. The third-order valence-electron chi connectivity index (χ3n) is 6.36. The molecule has 0 aliphatic carbocycles. The molecular formula is C28H35N3O2. The van der Waals surface area contributed by atoms with Crippen molar-refractivity contribution < 1.29 is 9.84 Å². The van der Waals surface area contributed by atoms with Crippen LogP contribution in [0.2, 0.25) is 0 Å². The minimum Gasteiger partial charge on any atom is -0.508 e. The van der Waals surface area contributed by atoms with E-state index in [9.17, 15) is 5.11 Å². The van der Waals surface area contributed by atoms with E-state index >= 15 is 0 Å². The molecule has 5 nitrogen and oxygen atoms in total. The van der Waals surface area contributed by atoms with E-state index < -0.39 is 0 Å². The maximum Gasteiger partial charge on any atom is 0.127 e. The molecule has 1 fully saturated rings. The summed E-state index contributed by atoms with van der Waals surface area (Å²) in [7, 11) is 0. The van der Waals surface area contributed by atoms with Crippen LogP contribution in [0.25, 0.3) is 22.4 Å². The van der Waals surface area contributed by atoms with E-state index in [0.29, 0.717) is 12.6 Å². The molecule has 2 aromatic carbocycles. The van der Waals surface area contributed by atoms with Gasteiger partial charge in [-0.25, -0.2) is 4.98 Å². The summed E-state index contributed by atoms with van der Waals surface area (Å²) in [5, 5.41) is 13.3. The molecule has 4 rings (SSSR count). The lowest BCUT2D eigenvalue weighted by atomic mass is 10.0. The number of phenolic OH excluding ortho intramolecular Hbond substituents is 1. The van der Waals surface area contributed by atoms with Gasteiger partial charge in [-0.05, 0) is 87.7 Å². The van der Waals surface area contributed by atoms with Crippen LogP contribution >= 0.6 is 0 Å². The molecule has 3 aromatic rings. The van der Waals surface area contributed by atoms with E-state index in [2.05, 4.69) is 35.3 Å². The Labute approximate surface area is 197 Å². The number of phenols is 1. The summed E-state index contributed by atoms with van der Waals surface area (Å²) in [6, 6.07) is 20.2. The van der Waals surface area contributed by atoms with Crippen molar-refractivity contribution in [2.45, 2.75) is 45.6 Å². The molecular weight excluding hydrogens is 410 g/mol. The zero-order valence-corrected chi connectivity index (χ0v) is 19.8. The van der Waals surface area contributed by atoms with E-state index in [1.165, 1.54) is 25.8 Å². The van der Waals surface area contributed by atoms with Gasteiger partial charge in [-0.1, -0.05) is 24.6 Å². The van der Waals surface area contributed by atoms with Gasteiger partial charge in [-0.3, -0.25) is 0 Å². The van der Waals surface area contributed by atoms with E-state index in [4.69, 9.17) is 9.72 Å². The largest absolute Gasteiger partial charge is 0.508 e. The van der Waals surface area contributed by atoms with Gasteiger partial charge < -0.3 is 20.1 Å². The van der Waals surface area contributed by atoms with Crippen molar-refractivity contribution in [3.63, 3.8) is 0 Å². The average Bonchev–Trinajstić information content (AvgIpc) is 2.84. The Morgan fingerprint density at radius 2 is 1.88 bits per heavy atom. The first kappa shape index (κ1) is 23.1. The minimum absolute atomic E-state index is 0.252. The van der Waals surface area contributed by atoms with Crippen molar-refractivity contribution in [2.24, 2.45) is 0 Å². The predicted molar refractivity (Wildman–Crippen MR) is 136 cm³/mol. The molecule has 0 spiro atoms. The number of rotatable bonds is 9. The van der Waals surface area contributed by atoms with E-state index in [1.807, 2.05) is 37.3 Å². The SMILES string of the molecule is CCOc1ccccc1-c1cc(NCCCN2CCCCC2C)nc(-c2ccc(O)cc2)c1. The summed E-state index contributed by atoms with van der Waals surface area (Å²) in [4.78, 5) is 7.49. The monoisotopic (exact) mass is 445 g/mol. The highest BCUT2D eigenvalue weighted by atomic mass is 16.5. The molecule has 1 saturated heterocycles. The number of aromatic nitrogens is 1. The molecule has 2 heterocycles. The first-order valence-corrected chi connectivity index (χ1v) is 12.2. The normalized spacial score (nSPS) is 16.5. The highest BCUT2D eigenvalue weighted by Crippen LogP contribution is 2.34. The van der Waals surface area contributed by atoms with E-state index in [-0.39, 0.29) is 5.75 Å². The highest BCUT2D eigenvalue weighted by Gasteiger charge is 2.17. The molecule has 1 aliphatic heterocycles. The summed E-state index contributed by atoms with van der Waals surface area (Å²) in [6.45, 7) is 8.17. The Bertz CT molecular complexity index is 1040. The first-order valence-electron chi connectivity index (χ1n) is 12.2. The summed E-state index contributed by atoms with van der Waals surface area (Å²) >= 11 is 0. The van der Waals surface area contributed by atoms with Gasteiger partial charge in [-0.2, -0.15) is 0 Å². The number of nitrogens with zero attached hydrogens (tertiary/aromatic N) is 2. The molecule has 0 saturated carbocycles. The first-order chi connectivity index (χ1) is 16.1. The van der Waals surface area contributed by atoms with Crippen LogP contribution in [0.1, 0.15) is 39.5 Å². The second kappa shape index (κ2) is 11.2. The fraction of sp³-hybridized carbons (Fsp3) is 0.393. The smallest absolute Gasteiger partial charge is 0.127 e. The fourth-order valence-corrected chi connectivity index (χ4v) is 4.53. The Kier molecular flexibility index (Phi) is 7.84. The van der Waals surface area contributed by atoms with Crippen molar-refractivity contribution in [1.82, 2.24) is 9.88 Å². The molecule has 0 radical (unpaired) electrons. The number of ether oxygens (including phenoxy) is 1. The molecule has 5 heteroatoms. The number of hydrogen-bond donors (Lipinski definition) is 2. The summed E-state index contributed by atoms with van der Waals surface area (Å²) in [5.74, 6) is 1.98. The molecule has 1 unspecified atom stereocenters. The average molecular weight is 446 g/mol. The van der Waals surface area contributed by atoms with E-state index in [1.54, 1.807) is 12.1 Å². The van der Waals surface area contributed by atoms with Crippen LogP contribution in [0.5, 0.6) is 11.5 Å². The molecule has 1 aliphatic rings. The lowest BCUT2D eigenvalue weighted by Crippen LogP contribution is -2.38. The fourth-order valence-electron chi connectivity index (χ4n) is 4.53. The Morgan fingerprint density at radius 1 is 1.06 bits per heavy atom. The lowest BCUT2D eigenvalue weighted by Gasteiger charge is -2.33. The molecule has 0 amide bonds. The molecule has 174 valence electrons. The van der Waals surface area contributed by atoms with Crippen molar-refractivity contribution in [3.8, 4) is 33.9 Å². The van der Waals surface area contributed by atoms with Gasteiger partial charge in [-0.15, -0.1) is 0 Å². The third-order valence-corrected chi connectivity index (χ3v) is 6.36. The van der Waals surface area contributed by atoms with Gasteiger partial charge in [0, 0.05) is 30.3 Å². The molecule has 1 atom stereocenters. The van der Waals surface area contributed by atoms with Gasteiger partial charge in [0.15, 0.2) is 0 Å². The number of pyridine rings is 1. The van der Waals surface area contributed by atoms with Crippen LogP contribution in [0, 0.1) is 0 Å². The summed E-state index contributed by atoms with van der Waals surface area (Å²) < 4.78 is 5.89. The number of likely N-dealkylation sites (tertiary alicyclic amines) is 1. The Morgan fingerprint density at radius 3 is 2.67 bits per heavy atom. The number of para-hydroxylation sites is 1.